The fourth-order valence-corrected chi connectivity index (χ4v) is 2.48. The van der Waals surface area contributed by atoms with E-state index in [1.807, 2.05) is 18.2 Å². The molecule has 0 spiro atoms. The van der Waals surface area contributed by atoms with Crippen LogP contribution in [0.4, 0.5) is 5.69 Å². The van der Waals surface area contributed by atoms with Crippen molar-refractivity contribution in [2.45, 2.75) is 44.8 Å². The van der Waals surface area contributed by atoms with Crippen LogP contribution >= 0.6 is 0 Å². The first-order chi connectivity index (χ1) is 8.62. The van der Waals surface area contributed by atoms with Gasteiger partial charge >= 0.3 is 0 Å². The second kappa shape index (κ2) is 5.72. The van der Waals surface area contributed by atoms with E-state index in [1.165, 1.54) is 5.56 Å². The van der Waals surface area contributed by atoms with E-state index < -0.39 is 0 Å². The summed E-state index contributed by atoms with van der Waals surface area (Å²) in [6.45, 7) is 6.28. The number of anilines is 1. The summed E-state index contributed by atoms with van der Waals surface area (Å²) in [6.07, 6.45) is 3.54. The lowest BCUT2D eigenvalue weighted by Crippen LogP contribution is -2.48. The lowest BCUT2D eigenvalue weighted by molar-refractivity contribution is 0.0887. The normalized spacial score (nSPS) is 27.6. The molecule has 0 aliphatic carbocycles. The van der Waals surface area contributed by atoms with Gasteiger partial charge in [-0.1, -0.05) is 18.2 Å². The van der Waals surface area contributed by atoms with Gasteiger partial charge in [0.1, 0.15) is 0 Å². The summed E-state index contributed by atoms with van der Waals surface area (Å²) in [5.74, 6) is 0. The maximum Gasteiger partial charge on any atom is 0.0726 e. The fraction of sp³-hybridized carbons (Fsp3) is 0.600. The smallest absolute Gasteiger partial charge is 0.0726 e. The molecule has 18 heavy (non-hydrogen) atoms. The predicted molar refractivity (Wildman–Crippen MR) is 75.6 cm³/mol. The number of hydrogen-bond donors (Lipinski definition) is 2. The molecule has 1 aliphatic rings. The van der Waals surface area contributed by atoms with Crippen LogP contribution in [-0.2, 0) is 11.2 Å². The van der Waals surface area contributed by atoms with E-state index in [4.69, 9.17) is 10.5 Å². The average molecular weight is 248 g/mol. The first-order valence-electron chi connectivity index (χ1n) is 6.82. The maximum absolute atomic E-state index is 5.93. The molecular weight excluding hydrogens is 224 g/mol. The topological polar surface area (TPSA) is 47.3 Å². The Morgan fingerprint density at radius 3 is 2.89 bits per heavy atom. The van der Waals surface area contributed by atoms with E-state index in [1.54, 1.807) is 0 Å². The molecule has 0 bridgehead atoms. The first kappa shape index (κ1) is 13.4. The van der Waals surface area contributed by atoms with Crippen LogP contribution in [0.15, 0.2) is 24.3 Å². The highest BCUT2D eigenvalue weighted by Crippen LogP contribution is 2.25. The Balaban J connectivity index is 1.75. The van der Waals surface area contributed by atoms with Crippen molar-refractivity contribution in [1.29, 1.82) is 0 Å². The summed E-state index contributed by atoms with van der Waals surface area (Å²) in [7, 11) is 0. The number of nitrogen functional groups attached to an aromatic ring is 1. The van der Waals surface area contributed by atoms with Crippen molar-refractivity contribution >= 4 is 5.69 Å². The molecule has 1 heterocycles. The number of nitrogens with one attached hydrogen (secondary N) is 1. The van der Waals surface area contributed by atoms with Gasteiger partial charge in [0.05, 0.1) is 6.10 Å². The highest BCUT2D eigenvalue weighted by molar-refractivity contribution is 5.46. The molecule has 100 valence electrons. The molecule has 1 saturated heterocycles. The number of rotatable bonds is 5. The van der Waals surface area contributed by atoms with Crippen LogP contribution in [0.2, 0.25) is 0 Å². The molecule has 2 atom stereocenters. The van der Waals surface area contributed by atoms with Gasteiger partial charge < -0.3 is 15.8 Å². The van der Waals surface area contributed by atoms with Gasteiger partial charge in [-0.05, 0) is 51.3 Å². The van der Waals surface area contributed by atoms with Crippen LogP contribution in [0.3, 0.4) is 0 Å². The molecular formula is C15H24N2O. The number of ether oxygens (including phenoxy) is 1. The minimum Gasteiger partial charge on any atom is -0.399 e. The number of nitrogens with two attached hydrogens (primary N) is 1. The number of aryl methyl sites for hydroxylation is 1. The van der Waals surface area contributed by atoms with Gasteiger partial charge in [0.25, 0.3) is 0 Å². The van der Waals surface area contributed by atoms with Crippen molar-refractivity contribution in [3.05, 3.63) is 29.8 Å². The van der Waals surface area contributed by atoms with Gasteiger partial charge in [-0.25, -0.2) is 0 Å². The molecule has 2 unspecified atom stereocenters. The van der Waals surface area contributed by atoms with E-state index in [0.717, 1.165) is 38.1 Å². The molecule has 1 fully saturated rings. The zero-order valence-corrected chi connectivity index (χ0v) is 11.4. The van der Waals surface area contributed by atoms with Crippen LogP contribution in [0.1, 0.15) is 32.3 Å². The molecule has 0 radical (unpaired) electrons. The van der Waals surface area contributed by atoms with Crippen molar-refractivity contribution < 1.29 is 4.74 Å². The maximum atomic E-state index is 5.93. The summed E-state index contributed by atoms with van der Waals surface area (Å²) in [5.41, 5.74) is 8.23. The standard InChI is InChI=1S/C15H24N2O/c1-12-15(2,9-11-18-12)17-10-5-7-13-6-3-4-8-14(13)16/h3-4,6,8,12,17H,5,7,9-11,16H2,1-2H3. The second-order valence-corrected chi connectivity index (χ2v) is 5.41. The SMILES string of the molecule is CC1OCCC1(C)NCCCc1ccccc1N. The van der Waals surface area contributed by atoms with E-state index in [0.29, 0.717) is 6.10 Å². The summed E-state index contributed by atoms with van der Waals surface area (Å²) < 4.78 is 5.62. The summed E-state index contributed by atoms with van der Waals surface area (Å²) >= 11 is 0. The van der Waals surface area contributed by atoms with E-state index in [2.05, 4.69) is 25.2 Å². The minimum absolute atomic E-state index is 0.141. The highest BCUT2D eigenvalue weighted by atomic mass is 16.5. The number of para-hydroxylation sites is 1. The van der Waals surface area contributed by atoms with Crippen molar-refractivity contribution in [1.82, 2.24) is 5.32 Å². The number of hydrogen-bond acceptors (Lipinski definition) is 3. The molecule has 3 heteroatoms. The van der Waals surface area contributed by atoms with Crippen LogP contribution in [-0.4, -0.2) is 24.8 Å². The Kier molecular flexibility index (Phi) is 4.25. The Labute approximate surface area is 110 Å². The second-order valence-electron chi connectivity index (χ2n) is 5.41. The summed E-state index contributed by atoms with van der Waals surface area (Å²) in [5, 5.41) is 3.63. The molecule has 3 nitrogen and oxygen atoms in total. The van der Waals surface area contributed by atoms with E-state index >= 15 is 0 Å². The largest absolute Gasteiger partial charge is 0.399 e. The Morgan fingerprint density at radius 1 is 1.44 bits per heavy atom. The molecule has 0 saturated carbocycles. The van der Waals surface area contributed by atoms with E-state index in [-0.39, 0.29) is 5.54 Å². The van der Waals surface area contributed by atoms with Gasteiger partial charge in [-0.3, -0.25) is 0 Å². The lowest BCUT2D eigenvalue weighted by Gasteiger charge is -2.29. The third-order valence-corrected chi connectivity index (χ3v) is 4.09. The van der Waals surface area contributed by atoms with Gasteiger partial charge in [0, 0.05) is 17.8 Å². The van der Waals surface area contributed by atoms with E-state index in [9.17, 15) is 0 Å². The third kappa shape index (κ3) is 3.03. The quantitative estimate of drug-likeness (QED) is 0.621. The van der Waals surface area contributed by atoms with Crippen molar-refractivity contribution in [3.8, 4) is 0 Å². The minimum atomic E-state index is 0.141. The highest BCUT2D eigenvalue weighted by Gasteiger charge is 2.35. The monoisotopic (exact) mass is 248 g/mol. The molecule has 1 aromatic rings. The Morgan fingerprint density at radius 2 is 2.22 bits per heavy atom. The molecule has 1 aliphatic heterocycles. The molecule has 3 N–H and O–H groups in total. The van der Waals surface area contributed by atoms with Crippen molar-refractivity contribution in [2.24, 2.45) is 0 Å². The van der Waals surface area contributed by atoms with Crippen LogP contribution in [0.25, 0.3) is 0 Å². The first-order valence-corrected chi connectivity index (χ1v) is 6.82. The van der Waals surface area contributed by atoms with Gasteiger partial charge in [0.15, 0.2) is 0 Å². The molecule has 0 aromatic heterocycles. The zero-order valence-electron chi connectivity index (χ0n) is 11.4. The predicted octanol–water partition coefficient (Wildman–Crippen LogP) is 2.36. The molecule has 1 aromatic carbocycles. The van der Waals surface area contributed by atoms with Gasteiger partial charge in [0.2, 0.25) is 0 Å². The van der Waals surface area contributed by atoms with Crippen LogP contribution in [0.5, 0.6) is 0 Å². The summed E-state index contributed by atoms with van der Waals surface area (Å²) in [6, 6.07) is 8.11. The number of benzene rings is 1. The van der Waals surface area contributed by atoms with Gasteiger partial charge in [-0.15, -0.1) is 0 Å². The fourth-order valence-electron chi connectivity index (χ4n) is 2.48. The zero-order chi connectivity index (χ0) is 13.0. The average Bonchev–Trinajstić information content (AvgIpc) is 2.68. The van der Waals surface area contributed by atoms with Gasteiger partial charge in [-0.2, -0.15) is 0 Å². The van der Waals surface area contributed by atoms with Crippen LogP contribution in [0, 0.1) is 0 Å². The Bertz CT molecular complexity index is 394. The van der Waals surface area contributed by atoms with Crippen LogP contribution < -0.4 is 11.1 Å². The lowest BCUT2D eigenvalue weighted by atomic mass is 9.94. The molecule has 0 amide bonds. The third-order valence-electron chi connectivity index (χ3n) is 4.09. The van der Waals surface area contributed by atoms with Crippen molar-refractivity contribution in [3.63, 3.8) is 0 Å². The Hall–Kier alpha value is -1.06. The van der Waals surface area contributed by atoms with Crippen molar-refractivity contribution in [2.75, 3.05) is 18.9 Å². The molecule has 2 rings (SSSR count). The summed E-state index contributed by atoms with van der Waals surface area (Å²) in [4.78, 5) is 0.